The summed E-state index contributed by atoms with van der Waals surface area (Å²) in [5, 5.41) is 8.77. The first-order valence-corrected chi connectivity index (χ1v) is 27.2. The van der Waals surface area contributed by atoms with E-state index in [2.05, 4.69) is 186 Å². The van der Waals surface area contributed by atoms with Gasteiger partial charge in [-0.3, -0.25) is 6.08 Å². The second-order valence-electron chi connectivity index (χ2n) is 17.5. The third-order valence-electron chi connectivity index (χ3n) is 12.7. The summed E-state index contributed by atoms with van der Waals surface area (Å²) in [7, 11) is -2.54. The van der Waals surface area contributed by atoms with Crippen LogP contribution >= 0.6 is 0 Å². The molecule has 0 radical (unpaired) electrons. The van der Waals surface area contributed by atoms with Crippen LogP contribution in [0.1, 0.15) is 112 Å². The van der Waals surface area contributed by atoms with Crippen LogP contribution in [-0.2, 0) is 35.1 Å². The molecule has 1 aliphatic rings. The molecule has 0 bridgehead atoms. The van der Waals surface area contributed by atoms with Gasteiger partial charge in [0.05, 0.1) is 0 Å². The molecule has 5 aromatic carbocycles. The summed E-state index contributed by atoms with van der Waals surface area (Å²) in [6, 6.07) is 43.6. The average molecular weight is 829 g/mol. The fourth-order valence-electron chi connectivity index (χ4n) is 8.17. The van der Waals surface area contributed by atoms with Crippen LogP contribution in [0.15, 0.2) is 109 Å². The third kappa shape index (κ3) is 10.2. The van der Waals surface area contributed by atoms with Gasteiger partial charge in [0.15, 0.2) is 0 Å². The summed E-state index contributed by atoms with van der Waals surface area (Å²) in [5.74, 6) is 0. The SMILES string of the molecule is CC(C)(C)c1ccc2c(c1)[cH-]c1cc(C(C)(C)C)ccc12.CC[Si](CC)(CC)c1ccc([C](=[Zr+2])c2ccc([Si](CC)(CC)CC)cc2)cc1.[C-]1=CC=CC1. The topological polar surface area (TPSA) is 0 Å². The van der Waals surface area contributed by atoms with Crippen LogP contribution in [0, 0.1) is 6.08 Å². The Morgan fingerprint density at radius 2 is 0.944 bits per heavy atom. The molecule has 5 aromatic rings. The summed E-state index contributed by atoms with van der Waals surface area (Å²) < 4.78 is 1.49. The van der Waals surface area contributed by atoms with E-state index in [1.807, 2.05) is 12.2 Å². The van der Waals surface area contributed by atoms with Gasteiger partial charge in [0.25, 0.3) is 0 Å². The summed E-state index contributed by atoms with van der Waals surface area (Å²) >= 11 is 1.50. The molecule has 0 unspecified atom stereocenters. The predicted molar refractivity (Wildman–Crippen MR) is 246 cm³/mol. The second kappa shape index (κ2) is 19.0. The molecule has 0 amide bonds. The molecule has 284 valence electrons. The molecular weight excluding hydrogens is 760 g/mol. The quantitative estimate of drug-likeness (QED) is 0.0972. The molecule has 0 saturated heterocycles. The van der Waals surface area contributed by atoms with Crippen LogP contribution in [-0.4, -0.2) is 19.4 Å². The minimum Gasteiger partial charge on any atom is -0.273 e. The fraction of sp³-hybridized carbons (Fsp3) is 0.412. The second-order valence-corrected chi connectivity index (χ2v) is 29.2. The first-order chi connectivity index (χ1) is 25.6. The minimum atomic E-state index is -1.27. The van der Waals surface area contributed by atoms with Gasteiger partial charge in [-0.1, -0.05) is 76.9 Å². The summed E-state index contributed by atoms with van der Waals surface area (Å²) in [6.45, 7) is 28.0. The van der Waals surface area contributed by atoms with Crippen LogP contribution in [0.25, 0.3) is 21.5 Å². The first-order valence-electron chi connectivity index (χ1n) is 20.8. The van der Waals surface area contributed by atoms with Gasteiger partial charge in [0.2, 0.25) is 0 Å². The van der Waals surface area contributed by atoms with Gasteiger partial charge in [0.1, 0.15) is 0 Å². The Hall–Kier alpha value is -2.58. The van der Waals surface area contributed by atoms with Crippen molar-refractivity contribution in [1.82, 2.24) is 0 Å². The van der Waals surface area contributed by atoms with E-state index in [9.17, 15) is 0 Å². The van der Waals surface area contributed by atoms with E-state index < -0.39 is 16.1 Å². The van der Waals surface area contributed by atoms with Crippen LogP contribution in [0.4, 0.5) is 0 Å². The molecule has 0 saturated carbocycles. The molecule has 6 rings (SSSR count). The van der Waals surface area contributed by atoms with Gasteiger partial charge in [-0.25, -0.2) is 12.2 Å². The van der Waals surface area contributed by atoms with E-state index in [1.165, 1.54) is 108 Å². The fourth-order valence-corrected chi connectivity index (χ4v) is 16.2. The number of allylic oxidation sites excluding steroid dienone is 4. The normalized spacial score (nSPS) is 13.1. The Morgan fingerprint density at radius 1 is 0.574 bits per heavy atom. The zero-order valence-electron chi connectivity index (χ0n) is 35.8. The van der Waals surface area contributed by atoms with Gasteiger partial charge >= 0.3 is 191 Å². The molecule has 0 fully saturated rings. The van der Waals surface area contributed by atoms with E-state index in [4.69, 9.17) is 0 Å². The largest absolute Gasteiger partial charge is 0.273 e. The Labute approximate surface area is 347 Å². The molecule has 0 aromatic heterocycles. The minimum absolute atomic E-state index is 0.203. The van der Waals surface area contributed by atoms with Gasteiger partial charge in [-0.2, -0.15) is 6.08 Å². The molecule has 0 atom stereocenters. The van der Waals surface area contributed by atoms with Crippen molar-refractivity contribution < 1.29 is 24.2 Å². The summed E-state index contributed by atoms with van der Waals surface area (Å²) in [4.78, 5) is 0. The molecule has 0 aliphatic heterocycles. The molecule has 0 N–H and O–H groups in total. The van der Waals surface area contributed by atoms with E-state index in [0.717, 1.165) is 6.42 Å². The zero-order valence-corrected chi connectivity index (χ0v) is 40.3. The van der Waals surface area contributed by atoms with E-state index in [1.54, 1.807) is 10.4 Å². The third-order valence-corrected chi connectivity index (χ3v) is 25.3. The Bertz CT molecular complexity index is 1860. The van der Waals surface area contributed by atoms with Crippen LogP contribution in [0.5, 0.6) is 0 Å². The predicted octanol–water partition coefficient (Wildman–Crippen LogP) is 13.8. The van der Waals surface area contributed by atoms with Crippen LogP contribution in [0.3, 0.4) is 0 Å². The van der Waals surface area contributed by atoms with Crippen molar-refractivity contribution in [3.8, 4) is 0 Å². The molecular formula is C51H68Si2Zr. The standard InChI is InChI=1S/C25H38Si2.C21H25.C5H5.Zr/c1-7-26(8-2,9-3)24-17-13-22(14-18-24)21-23-15-19-25(20-16-23)27(10-4,11-5)12-6;1-20(2,3)16-7-9-18-14(12-16)11-15-13-17(21(4,5)6)8-10-19(15)18;1-2-4-5-3-1;/h13-20H,7-12H2,1-6H3;7-13H,1-6H3;1-3H,4H2;/q;2*-1;+2. The Kier molecular flexibility index (Phi) is 15.6. The smallest absolute Gasteiger partial charge is 0.109 e. The van der Waals surface area contributed by atoms with E-state index in [0.29, 0.717) is 0 Å². The van der Waals surface area contributed by atoms with Crippen molar-refractivity contribution >= 4 is 51.3 Å². The van der Waals surface area contributed by atoms with Crippen LogP contribution in [0.2, 0.25) is 36.3 Å². The van der Waals surface area contributed by atoms with Gasteiger partial charge in [-0.15, -0.1) is 46.2 Å². The Balaban J connectivity index is 0.000000218. The molecule has 0 spiro atoms. The number of hydrogen-bond donors (Lipinski definition) is 0. The molecule has 0 heterocycles. The van der Waals surface area contributed by atoms with Gasteiger partial charge in [-0.05, 0) is 10.8 Å². The number of benzene rings is 4. The maximum Gasteiger partial charge on any atom is -0.109 e. The zero-order chi connectivity index (χ0) is 39.7. The molecule has 0 nitrogen and oxygen atoms in total. The monoisotopic (exact) mass is 826 g/mol. The van der Waals surface area contributed by atoms with E-state index >= 15 is 0 Å². The number of hydrogen-bond acceptors (Lipinski definition) is 0. The van der Waals surface area contributed by atoms with Crippen molar-refractivity contribution in [2.45, 2.75) is 137 Å². The first kappa shape index (κ1) is 44.1. The van der Waals surface area contributed by atoms with Crippen LogP contribution < -0.4 is 10.4 Å². The Morgan fingerprint density at radius 3 is 1.20 bits per heavy atom. The maximum absolute atomic E-state index is 2.99. The summed E-state index contributed by atoms with van der Waals surface area (Å²) in [5.41, 5.74) is 6.03. The summed E-state index contributed by atoms with van der Waals surface area (Å²) in [6.07, 6.45) is 10.0. The van der Waals surface area contributed by atoms with Crippen molar-refractivity contribution in [2.24, 2.45) is 0 Å². The maximum atomic E-state index is 2.99. The number of fused-ring (bicyclic) bond motifs is 3. The van der Waals surface area contributed by atoms with Gasteiger partial charge < -0.3 is 0 Å². The van der Waals surface area contributed by atoms with Crippen molar-refractivity contribution in [1.29, 1.82) is 0 Å². The van der Waals surface area contributed by atoms with Crippen molar-refractivity contribution in [3.63, 3.8) is 0 Å². The molecule has 1 aliphatic carbocycles. The average Bonchev–Trinajstić information content (AvgIpc) is 3.88. The molecule has 3 heteroatoms. The molecule has 54 heavy (non-hydrogen) atoms. The van der Waals surface area contributed by atoms with Gasteiger partial charge in [0, 0.05) is 0 Å². The van der Waals surface area contributed by atoms with Crippen molar-refractivity contribution in [3.05, 3.63) is 138 Å². The number of rotatable bonds is 10. The van der Waals surface area contributed by atoms with Crippen molar-refractivity contribution in [2.75, 3.05) is 0 Å². The van der Waals surface area contributed by atoms with E-state index in [-0.39, 0.29) is 10.8 Å².